The van der Waals surface area contributed by atoms with Crippen LogP contribution in [0.5, 0.6) is 0 Å². The van der Waals surface area contributed by atoms with Crippen LogP contribution < -0.4 is 5.32 Å². The Morgan fingerprint density at radius 3 is 2.78 bits per heavy atom. The second-order valence-corrected chi connectivity index (χ2v) is 6.12. The van der Waals surface area contributed by atoms with Crippen LogP contribution in [0, 0.1) is 11.8 Å². The highest BCUT2D eigenvalue weighted by atomic mass is 35.5. The van der Waals surface area contributed by atoms with E-state index in [0.717, 1.165) is 25.6 Å². The summed E-state index contributed by atoms with van der Waals surface area (Å²) in [6, 6.07) is 6.02. The molecule has 1 aromatic carbocycles. The molecule has 3 atom stereocenters. The number of rotatable bonds is 3. The summed E-state index contributed by atoms with van der Waals surface area (Å²) in [5, 5.41) is 4.73. The van der Waals surface area contributed by atoms with Crippen molar-refractivity contribution in [2.75, 3.05) is 26.8 Å². The van der Waals surface area contributed by atoms with Crippen LogP contribution in [-0.4, -0.2) is 26.8 Å². The zero-order valence-corrected chi connectivity index (χ0v) is 11.9. The number of methoxy groups -OCH3 is 1. The van der Waals surface area contributed by atoms with Crippen molar-refractivity contribution in [2.45, 2.75) is 11.8 Å². The van der Waals surface area contributed by atoms with Gasteiger partial charge in [0.25, 0.3) is 0 Å². The molecule has 2 fully saturated rings. The van der Waals surface area contributed by atoms with Crippen molar-refractivity contribution in [3.63, 3.8) is 0 Å². The molecule has 1 aliphatic heterocycles. The molecule has 2 nitrogen and oxygen atoms in total. The van der Waals surface area contributed by atoms with Gasteiger partial charge in [0.05, 0.1) is 16.7 Å². The fourth-order valence-electron chi connectivity index (χ4n) is 3.65. The van der Waals surface area contributed by atoms with Crippen molar-refractivity contribution in [1.29, 1.82) is 0 Å². The van der Waals surface area contributed by atoms with Crippen molar-refractivity contribution in [2.24, 2.45) is 11.8 Å². The molecule has 0 radical (unpaired) electrons. The normalized spacial score (nSPS) is 34.2. The molecule has 1 heterocycles. The molecule has 1 N–H and O–H groups in total. The summed E-state index contributed by atoms with van der Waals surface area (Å²) in [6.07, 6.45) is 1.22. The predicted molar refractivity (Wildman–Crippen MR) is 74.5 cm³/mol. The van der Waals surface area contributed by atoms with E-state index in [-0.39, 0.29) is 5.41 Å². The van der Waals surface area contributed by atoms with Gasteiger partial charge in [-0.05, 0) is 49.0 Å². The molecule has 0 spiro atoms. The molecule has 98 valence electrons. The Kier molecular flexibility index (Phi) is 3.31. The maximum Gasteiger partial charge on any atom is 0.0595 e. The van der Waals surface area contributed by atoms with Gasteiger partial charge >= 0.3 is 0 Å². The van der Waals surface area contributed by atoms with Gasteiger partial charge in [0, 0.05) is 12.5 Å². The lowest BCUT2D eigenvalue weighted by molar-refractivity contribution is 0.161. The lowest BCUT2D eigenvalue weighted by Crippen LogP contribution is -2.24. The number of nitrogens with one attached hydrogen (secondary N) is 1. The van der Waals surface area contributed by atoms with E-state index in [2.05, 4.69) is 11.4 Å². The fraction of sp³-hybridized carbons (Fsp3) is 0.571. The van der Waals surface area contributed by atoms with Crippen LogP contribution in [0.4, 0.5) is 0 Å². The Morgan fingerprint density at radius 1 is 1.33 bits per heavy atom. The molecule has 3 unspecified atom stereocenters. The number of hydrogen-bond donors (Lipinski definition) is 1. The molecule has 1 saturated carbocycles. The zero-order chi connectivity index (χ0) is 12.8. The van der Waals surface area contributed by atoms with Crippen LogP contribution in [0.2, 0.25) is 10.0 Å². The minimum Gasteiger partial charge on any atom is -0.384 e. The van der Waals surface area contributed by atoms with Gasteiger partial charge in [0.15, 0.2) is 0 Å². The van der Waals surface area contributed by atoms with E-state index in [0.29, 0.717) is 16.0 Å². The van der Waals surface area contributed by atoms with Crippen LogP contribution in [0.3, 0.4) is 0 Å². The summed E-state index contributed by atoms with van der Waals surface area (Å²) in [7, 11) is 1.77. The van der Waals surface area contributed by atoms with E-state index in [1.165, 1.54) is 12.0 Å². The molecule has 1 saturated heterocycles. The molecule has 18 heavy (non-hydrogen) atoms. The largest absolute Gasteiger partial charge is 0.384 e. The standard InChI is InChI=1S/C14H17Cl2NO/c1-18-8-14(10-4-5-17-7-11(10)14)9-2-3-12(15)13(16)6-9/h2-3,6,10-11,17H,4-5,7-8H2,1H3. The Labute approximate surface area is 118 Å². The molecule has 3 rings (SSSR count). The highest BCUT2D eigenvalue weighted by molar-refractivity contribution is 6.42. The smallest absolute Gasteiger partial charge is 0.0595 e. The Balaban J connectivity index is 1.97. The first-order valence-corrected chi connectivity index (χ1v) is 7.11. The number of piperidine rings is 1. The Morgan fingerprint density at radius 2 is 2.17 bits per heavy atom. The summed E-state index contributed by atoms with van der Waals surface area (Å²) in [5.74, 6) is 1.39. The molecule has 4 heteroatoms. The van der Waals surface area contributed by atoms with Gasteiger partial charge in [-0.1, -0.05) is 29.3 Å². The third-order valence-electron chi connectivity index (χ3n) is 4.54. The topological polar surface area (TPSA) is 21.3 Å². The van der Waals surface area contributed by atoms with Crippen molar-refractivity contribution in [3.8, 4) is 0 Å². The third-order valence-corrected chi connectivity index (χ3v) is 5.28. The average molecular weight is 286 g/mol. The van der Waals surface area contributed by atoms with Crippen LogP contribution >= 0.6 is 23.2 Å². The lowest BCUT2D eigenvalue weighted by atomic mass is 9.92. The number of benzene rings is 1. The first kappa shape index (κ1) is 12.7. The Hall–Kier alpha value is -0.280. The maximum atomic E-state index is 6.16. The van der Waals surface area contributed by atoms with E-state index < -0.39 is 0 Å². The van der Waals surface area contributed by atoms with Crippen LogP contribution in [0.25, 0.3) is 0 Å². The lowest BCUT2D eigenvalue weighted by Gasteiger charge is -2.18. The molecule has 0 amide bonds. The number of hydrogen-bond acceptors (Lipinski definition) is 2. The van der Waals surface area contributed by atoms with E-state index in [1.54, 1.807) is 7.11 Å². The summed E-state index contributed by atoms with van der Waals surface area (Å²) in [6.45, 7) is 2.95. The van der Waals surface area contributed by atoms with Crippen LogP contribution in [0.15, 0.2) is 18.2 Å². The minimum absolute atomic E-state index is 0.145. The predicted octanol–water partition coefficient (Wildman–Crippen LogP) is 3.12. The second kappa shape index (κ2) is 4.68. The van der Waals surface area contributed by atoms with Crippen molar-refractivity contribution >= 4 is 23.2 Å². The van der Waals surface area contributed by atoms with E-state index in [4.69, 9.17) is 27.9 Å². The highest BCUT2D eigenvalue weighted by Crippen LogP contribution is 2.62. The van der Waals surface area contributed by atoms with E-state index >= 15 is 0 Å². The van der Waals surface area contributed by atoms with Gasteiger partial charge < -0.3 is 10.1 Å². The Bertz CT molecular complexity index is 451. The molecular formula is C14H17Cl2NO. The van der Waals surface area contributed by atoms with Crippen LogP contribution in [-0.2, 0) is 10.2 Å². The highest BCUT2D eigenvalue weighted by Gasteiger charge is 2.65. The van der Waals surface area contributed by atoms with Gasteiger partial charge in [-0.3, -0.25) is 0 Å². The van der Waals surface area contributed by atoms with Crippen molar-refractivity contribution in [1.82, 2.24) is 5.32 Å². The van der Waals surface area contributed by atoms with Gasteiger partial charge in [0.2, 0.25) is 0 Å². The van der Waals surface area contributed by atoms with Crippen LogP contribution in [0.1, 0.15) is 12.0 Å². The first-order chi connectivity index (χ1) is 8.70. The van der Waals surface area contributed by atoms with E-state index in [9.17, 15) is 0 Å². The second-order valence-electron chi connectivity index (χ2n) is 5.31. The van der Waals surface area contributed by atoms with Gasteiger partial charge in [-0.25, -0.2) is 0 Å². The van der Waals surface area contributed by atoms with Gasteiger partial charge in [-0.2, -0.15) is 0 Å². The van der Waals surface area contributed by atoms with E-state index in [1.807, 2.05) is 12.1 Å². The van der Waals surface area contributed by atoms with Crippen molar-refractivity contribution < 1.29 is 4.74 Å². The summed E-state index contributed by atoms with van der Waals surface area (Å²) in [4.78, 5) is 0. The molecule has 1 aliphatic carbocycles. The molecule has 0 aromatic heterocycles. The molecule has 2 aliphatic rings. The summed E-state index contributed by atoms with van der Waals surface area (Å²) < 4.78 is 5.48. The first-order valence-electron chi connectivity index (χ1n) is 6.35. The monoisotopic (exact) mass is 285 g/mol. The minimum atomic E-state index is 0.145. The average Bonchev–Trinajstić information content (AvgIpc) is 3.03. The molecular weight excluding hydrogens is 269 g/mol. The van der Waals surface area contributed by atoms with Crippen molar-refractivity contribution in [3.05, 3.63) is 33.8 Å². The summed E-state index contributed by atoms with van der Waals surface area (Å²) >= 11 is 12.2. The number of fused-ring (bicyclic) bond motifs is 1. The number of ether oxygens (including phenoxy) is 1. The summed E-state index contributed by atoms with van der Waals surface area (Å²) in [5.41, 5.74) is 1.42. The third kappa shape index (κ3) is 1.78. The fourth-order valence-corrected chi connectivity index (χ4v) is 3.95. The van der Waals surface area contributed by atoms with Gasteiger partial charge in [-0.15, -0.1) is 0 Å². The quantitative estimate of drug-likeness (QED) is 0.921. The number of halogens is 2. The SMILES string of the molecule is COCC1(c2ccc(Cl)c(Cl)c2)C2CCNCC21. The zero-order valence-electron chi connectivity index (χ0n) is 10.4. The molecule has 0 bridgehead atoms. The molecule has 1 aromatic rings. The maximum absolute atomic E-state index is 6.16. The van der Waals surface area contributed by atoms with Gasteiger partial charge in [0.1, 0.15) is 0 Å².